The van der Waals surface area contributed by atoms with Crippen molar-refractivity contribution in [3.8, 4) is 0 Å². The second kappa shape index (κ2) is 3.76. The maximum Gasteiger partial charge on any atom is 0.349 e. The number of carboxylic acid groups (broad SMARTS) is 1. The van der Waals surface area contributed by atoms with Crippen LogP contribution >= 0.6 is 22.9 Å². The van der Waals surface area contributed by atoms with E-state index in [2.05, 4.69) is 4.74 Å². The molecule has 70 valence electrons. The lowest BCUT2D eigenvalue weighted by Crippen LogP contribution is -1.98. The fraction of sp³-hybridized carbons (Fsp3) is 0.143. The molecule has 1 heterocycles. The summed E-state index contributed by atoms with van der Waals surface area (Å²) in [6.45, 7) is 0. The normalized spacial score (nSPS) is 9.69. The molecular weight excluding hydrogens is 216 g/mol. The number of thiophene rings is 1. The molecule has 0 fully saturated rings. The average Bonchev–Trinajstić information content (AvgIpc) is 2.46. The Kier molecular flexibility index (Phi) is 2.90. The zero-order valence-electron chi connectivity index (χ0n) is 6.54. The largest absolute Gasteiger partial charge is 0.477 e. The Hall–Kier alpha value is -1.07. The van der Waals surface area contributed by atoms with Crippen molar-refractivity contribution < 1.29 is 19.4 Å². The molecule has 0 saturated heterocycles. The van der Waals surface area contributed by atoms with E-state index >= 15 is 0 Å². The van der Waals surface area contributed by atoms with Crippen molar-refractivity contribution in [3.05, 3.63) is 20.8 Å². The highest BCUT2D eigenvalue weighted by Gasteiger charge is 2.18. The number of ether oxygens (including phenoxy) is 1. The molecular formula is C7H5ClO4S. The van der Waals surface area contributed by atoms with Gasteiger partial charge < -0.3 is 9.84 Å². The molecule has 1 aromatic rings. The lowest BCUT2D eigenvalue weighted by molar-refractivity contribution is 0.0606. The number of hydrogen-bond acceptors (Lipinski definition) is 4. The maximum atomic E-state index is 11.0. The molecule has 0 spiro atoms. The fourth-order valence-corrected chi connectivity index (χ4v) is 1.88. The Morgan fingerprint density at radius 1 is 1.62 bits per heavy atom. The van der Waals surface area contributed by atoms with E-state index < -0.39 is 11.9 Å². The van der Waals surface area contributed by atoms with Crippen LogP contribution in [0.15, 0.2) is 6.07 Å². The van der Waals surface area contributed by atoms with Gasteiger partial charge in [-0.05, 0) is 6.07 Å². The van der Waals surface area contributed by atoms with Gasteiger partial charge in [0.25, 0.3) is 0 Å². The molecule has 1 N–H and O–H groups in total. The molecule has 0 atom stereocenters. The number of carbonyl (C=O) groups is 2. The SMILES string of the molecule is COC(=O)c1sc(C(=O)O)cc1Cl. The number of hydrogen-bond donors (Lipinski definition) is 1. The van der Waals surface area contributed by atoms with E-state index in [0.717, 1.165) is 11.3 Å². The molecule has 0 bridgehead atoms. The molecule has 4 nitrogen and oxygen atoms in total. The van der Waals surface area contributed by atoms with Gasteiger partial charge in [-0.1, -0.05) is 11.6 Å². The van der Waals surface area contributed by atoms with Crippen LogP contribution in [0.25, 0.3) is 0 Å². The van der Waals surface area contributed by atoms with E-state index in [1.165, 1.54) is 13.2 Å². The molecule has 0 aliphatic carbocycles. The molecule has 13 heavy (non-hydrogen) atoms. The summed E-state index contributed by atoms with van der Waals surface area (Å²) in [6, 6.07) is 1.22. The van der Waals surface area contributed by atoms with Gasteiger partial charge in [0, 0.05) is 0 Å². The summed E-state index contributed by atoms with van der Waals surface area (Å²) in [5.74, 6) is -1.73. The summed E-state index contributed by atoms with van der Waals surface area (Å²) < 4.78 is 4.40. The van der Waals surface area contributed by atoms with Gasteiger partial charge in [-0.25, -0.2) is 9.59 Å². The van der Waals surface area contributed by atoms with E-state index in [1.54, 1.807) is 0 Å². The van der Waals surface area contributed by atoms with Crippen LogP contribution in [0.5, 0.6) is 0 Å². The predicted octanol–water partition coefficient (Wildman–Crippen LogP) is 1.89. The smallest absolute Gasteiger partial charge is 0.349 e. The highest BCUT2D eigenvalue weighted by Crippen LogP contribution is 2.27. The van der Waals surface area contributed by atoms with Crippen molar-refractivity contribution in [2.45, 2.75) is 0 Å². The first-order chi connectivity index (χ1) is 6.06. The summed E-state index contributed by atoms with van der Waals surface area (Å²) in [6.07, 6.45) is 0. The van der Waals surface area contributed by atoms with Crippen molar-refractivity contribution in [2.75, 3.05) is 7.11 Å². The Bertz CT molecular complexity index is 357. The number of aromatic carboxylic acids is 1. The first-order valence-corrected chi connectivity index (χ1v) is 4.36. The van der Waals surface area contributed by atoms with E-state index in [1.807, 2.05) is 0 Å². The standard InChI is InChI=1S/C7H5ClO4S/c1-12-7(11)5-3(8)2-4(13-5)6(9)10/h2H,1H3,(H,9,10). The Morgan fingerprint density at radius 3 is 2.62 bits per heavy atom. The Balaban J connectivity index is 3.10. The molecule has 0 saturated carbocycles. The third-order valence-electron chi connectivity index (χ3n) is 1.27. The third kappa shape index (κ3) is 1.99. The van der Waals surface area contributed by atoms with Gasteiger partial charge in [-0.2, -0.15) is 0 Å². The van der Waals surface area contributed by atoms with Crippen LogP contribution in [-0.2, 0) is 4.74 Å². The highest BCUT2D eigenvalue weighted by atomic mass is 35.5. The Morgan fingerprint density at radius 2 is 2.23 bits per heavy atom. The van der Waals surface area contributed by atoms with Crippen molar-refractivity contribution in [1.82, 2.24) is 0 Å². The first kappa shape index (κ1) is 10.0. The van der Waals surface area contributed by atoms with Crippen molar-refractivity contribution >= 4 is 34.9 Å². The summed E-state index contributed by atoms with van der Waals surface area (Å²) in [5, 5.41) is 8.68. The highest BCUT2D eigenvalue weighted by molar-refractivity contribution is 7.16. The second-order valence-electron chi connectivity index (χ2n) is 2.08. The molecule has 0 radical (unpaired) electrons. The van der Waals surface area contributed by atoms with Gasteiger partial charge in [0.05, 0.1) is 12.1 Å². The molecule has 1 aromatic heterocycles. The maximum absolute atomic E-state index is 11.0. The van der Waals surface area contributed by atoms with Crippen molar-refractivity contribution in [1.29, 1.82) is 0 Å². The van der Waals surface area contributed by atoms with Crippen LogP contribution in [0, 0.1) is 0 Å². The van der Waals surface area contributed by atoms with E-state index in [-0.39, 0.29) is 14.8 Å². The number of esters is 1. The molecule has 0 aliphatic heterocycles. The van der Waals surface area contributed by atoms with Crippen LogP contribution in [0.3, 0.4) is 0 Å². The zero-order valence-corrected chi connectivity index (χ0v) is 8.11. The number of rotatable bonds is 2. The molecule has 1 rings (SSSR count). The molecule has 6 heteroatoms. The summed E-state index contributed by atoms with van der Waals surface area (Å²) >= 11 is 6.40. The van der Waals surface area contributed by atoms with Gasteiger partial charge in [-0.15, -0.1) is 11.3 Å². The van der Waals surface area contributed by atoms with Crippen LogP contribution < -0.4 is 0 Å². The van der Waals surface area contributed by atoms with E-state index in [9.17, 15) is 9.59 Å². The van der Waals surface area contributed by atoms with Crippen LogP contribution in [0.2, 0.25) is 5.02 Å². The zero-order chi connectivity index (χ0) is 10.0. The summed E-state index contributed by atoms with van der Waals surface area (Å²) in [5.41, 5.74) is 0. The quantitative estimate of drug-likeness (QED) is 0.773. The van der Waals surface area contributed by atoms with E-state index in [4.69, 9.17) is 16.7 Å². The van der Waals surface area contributed by atoms with Crippen LogP contribution in [0.4, 0.5) is 0 Å². The van der Waals surface area contributed by atoms with Gasteiger partial charge in [0.15, 0.2) is 0 Å². The predicted molar refractivity (Wildman–Crippen MR) is 47.6 cm³/mol. The lowest BCUT2D eigenvalue weighted by Gasteiger charge is -1.93. The third-order valence-corrected chi connectivity index (χ3v) is 2.78. The molecule has 0 aliphatic rings. The van der Waals surface area contributed by atoms with E-state index in [0.29, 0.717) is 0 Å². The number of carbonyl (C=O) groups excluding carboxylic acids is 1. The van der Waals surface area contributed by atoms with Crippen LogP contribution in [-0.4, -0.2) is 24.2 Å². The summed E-state index contributed by atoms with van der Waals surface area (Å²) in [7, 11) is 1.21. The van der Waals surface area contributed by atoms with Gasteiger partial charge in [0.1, 0.15) is 9.75 Å². The van der Waals surface area contributed by atoms with Gasteiger partial charge in [-0.3, -0.25) is 0 Å². The minimum atomic E-state index is -1.11. The second-order valence-corrected chi connectivity index (χ2v) is 3.54. The van der Waals surface area contributed by atoms with Crippen molar-refractivity contribution in [2.24, 2.45) is 0 Å². The minimum absolute atomic E-state index is 0.0189. The van der Waals surface area contributed by atoms with Crippen LogP contribution in [0.1, 0.15) is 19.3 Å². The first-order valence-electron chi connectivity index (χ1n) is 3.17. The number of halogens is 1. The molecule has 0 aromatic carbocycles. The van der Waals surface area contributed by atoms with Gasteiger partial charge >= 0.3 is 11.9 Å². The number of methoxy groups -OCH3 is 1. The van der Waals surface area contributed by atoms with Gasteiger partial charge in [0.2, 0.25) is 0 Å². The van der Waals surface area contributed by atoms with Crippen molar-refractivity contribution in [3.63, 3.8) is 0 Å². The minimum Gasteiger partial charge on any atom is -0.477 e. The topological polar surface area (TPSA) is 63.6 Å². The monoisotopic (exact) mass is 220 g/mol. The molecule has 0 unspecified atom stereocenters. The summed E-state index contributed by atoms with van der Waals surface area (Å²) in [4.78, 5) is 21.6. The Labute approximate surface area is 82.7 Å². The lowest BCUT2D eigenvalue weighted by atomic mass is 10.4. The molecule has 0 amide bonds. The number of carboxylic acids is 1. The average molecular weight is 221 g/mol. The fourth-order valence-electron chi connectivity index (χ4n) is 0.706.